The lowest BCUT2D eigenvalue weighted by atomic mass is 10.1. The summed E-state index contributed by atoms with van der Waals surface area (Å²) in [7, 11) is -3.77. The Labute approximate surface area is 164 Å². The van der Waals surface area contributed by atoms with Crippen LogP contribution in [-0.4, -0.2) is 70.1 Å². The molecule has 154 valence electrons. The van der Waals surface area contributed by atoms with Gasteiger partial charge < -0.3 is 20.1 Å². The highest BCUT2D eigenvalue weighted by Crippen LogP contribution is 2.29. The molecule has 2 fully saturated rings. The maximum absolute atomic E-state index is 13.0. The molecule has 28 heavy (non-hydrogen) atoms. The molecule has 2 N–H and O–H groups in total. The van der Waals surface area contributed by atoms with E-state index in [0.29, 0.717) is 18.9 Å². The Balaban J connectivity index is 1.97. The third kappa shape index (κ3) is 4.29. The fourth-order valence-electron chi connectivity index (χ4n) is 3.29. The largest absolute Gasteiger partial charge is 0.449 e. The Morgan fingerprint density at radius 3 is 2.39 bits per heavy atom. The summed E-state index contributed by atoms with van der Waals surface area (Å²) < 4.78 is 37.6. The van der Waals surface area contributed by atoms with E-state index in [0.717, 1.165) is 25.9 Å². The van der Waals surface area contributed by atoms with Gasteiger partial charge in [0.15, 0.2) is 6.10 Å². The third-order valence-corrected chi connectivity index (χ3v) is 6.82. The number of hydrogen-bond donors (Lipinski definition) is 1. The molecule has 0 bridgehead atoms. The molecule has 0 aromatic heterocycles. The van der Waals surface area contributed by atoms with Crippen LogP contribution in [0.1, 0.15) is 30.1 Å². The number of primary amides is 1. The van der Waals surface area contributed by atoms with Crippen LogP contribution >= 0.6 is 0 Å². The lowest BCUT2D eigenvalue weighted by molar-refractivity contribution is -0.125. The Bertz CT molecular complexity index is 845. The molecule has 1 aromatic rings. The van der Waals surface area contributed by atoms with Gasteiger partial charge in [0.2, 0.25) is 10.0 Å². The molecule has 0 saturated carbocycles. The summed E-state index contributed by atoms with van der Waals surface area (Å²) in [6, 6.07) is 4.46. The molecule has 1 atom stereocenters. The predicted octanol–water partition coefficient (Wildman–Crippen LogP) is 0.338. The number of ether oxygens (including phenoxy) is 2. The summed E-state index contributed by atoms with van der Waals surface area (Å²) in [5.74, 6) is -1.54. The van der Waals surface area contributed by atoms with Crippen molar-refractivity contribution in [3.8, 4) is 0 Å². The third-order valence-electron chi connectivity index (χ3n) is 4.93. The van der Waals surface area contributed by atoms with Crippen molar-refractivity contribution in [3.63, 3.8) is 0 Å². The van der Waals surface area contributed by atoms with Crippen LogP contribution in [0.15, 0.2) is 23.1 Å². The van der Waals surface area contributed by atoms with Gasteiger partial charge in [0, 0.05) is 26.2 Å². The molecule has 3 rings (SSSR count). The first-order valence-electron chi connectivity index (χ1n) is 9.28. The first kappa shape index (κ1) is 20.6. The van der Waals surface area contributed by atoms with Gasteiger partial charge in [-0.25, -0.2) is 13.2 Å². The van der Waals surface area contributed by atoms with Crippen LogP contribution in [0.25, 0.3) is 0 Å². The minimum Gasteiger partial charge on any atom is -0.449 e. The average Bonchev–Trinajstić information content (AvgIpc) is 3.22. The van der Waals surface area contributed by atoms with E-state index < -0.39 is 28.0 Å². The second-order valence-electron chi connectivity index (χ2n) is 6.84. The molecule has 2 aliphatic heterocycles. The molecule has 9 nitrogen and oxygen atoms in total. The van der Waals surface area contributed by atoms with E-state index in [1.165, 1.54) is 23.4 Å². The van der Waals surface area contributed by atoms with Crippen molar-refractivity contribution < 1.29 is 27.5 Å². The van der Waals surface area contributed by atoms with E-state index in [4.69, 9.17) is 15.2 Å². The number of sulfonamides is 1. The highest BCUT2D eigenvalue weighted by atomic mass is 32.2. The summed E-state index contributed by atoms with van der Waals surface area (Å²) in [4.78, 5) is 26.0. The zero-order valence-electron chi connectivity index (χ0n) is 15.8. The van der Waals surface area contributed by atoms with E-state index in [-0.39, 0.29) is 23.5 Å². The monoisotopic (exact) mass is 411 g/mol. The molecule has 0 aliphatic carbocycles. The van der Waals surface area contributed by atoms with Gasteiger partial charge in [-0.1, -0.05) is 0 Å². The number of nitrogens with zero attached hydrogens (tertiary/aromatic N) is 2. The Morgan fingerprint density at radius 1 is 1.14 bits per heavy atom. The van der Waals surface area contributed by atoms with Gasteiger partial charge in [-0.2, -0.15) is 4.31 Å². The summed E-state index contributed by atoms with van der Waals surface area (Å²) in [6.45, 7) is 4.09. The van der Waals surface area contributed by atoms with Gasteiger partial charge in [-0.05, 0) is 38.0 Å². The lowest BCUT2D eigenvalue weighted by Gasteiger charge is -2.27. The summed E-state index contributed by atoms with van der Waals surface area (Å²) in [5, 5.41) is 0. The first-order chi connectivity index (χ1) is 13.3. The van der Waals surface area contributed by atoms with E-state index in [9.17, 15) is 18.0 Å². The van der Waals surface area contributed by atoms with E-state index in [1.54, 1.807) is 6.07 Å². The van der Waals surface area contributed by atoms with Crippen molar-refractivity contribution in [2.75, 3.05) is 44.3 Å². The van der Waals surface area contributed by atoms with Crippen molar-refractivity contribution in [3.05, 3.63) is 23.8 Å². The van der Waals surface area contributed by atoms with Crippen LogP contribution in [-0.2, 0) is 24.3 Å². The quantitative estimate of drug-likeness (QED) is 0.670. The molecular formula is C18H25N3O6S. The molecule has 2 heterocycles. The molecule has 2 saturated heterocycles. The normalized spacial score (nSPS) is 19.4. The number of carbonyl (C=O) groups is 2. The van der Waals surface area contributed by atoms with Gasteiger partial charge in [0.1, 0.15) is 0 Å². The number of morpholine rings is 1. The van der Waals surface area contributed by atoms with Crippen molar-refractivity contribution >= 4 is 27.6 Å². The Kier molecular flexibility index (Phi) is 6.21. The number of esters is 1. The fraction of sp³-hybridized carbons (Fsp3) is 0.556. The highest BCUT2D eigenvalue weighted by Gasteiger charge is 2.30. The first-order valence-corrected chi connectivity index (χ1v) is 10.7. The Morgan fingerprint density at radius 2 is 1.79 bits per heavy atom. The SMILES string of the molecule is C[C@@H](OC(=O)c1cc(S(=O)(=O)N2CCOCC2)ccc1N1CCCC1)C(N)=O. The minimum atomic E-state index is -3.77. The van der Waals surface area contributed by atoms with Crippen molar-refractivity contribution in [1.82, 2.24) is 4.31 Å². The van der Waals surface area contributed by atoms with Crippen LogP contribution < -0.4 is 10.6 Å². The van der Waals surface area contributed by atoms with Crippen molar-refractivity contribution in [1.29, 1.82) is 0 Å². The number of hydrogen-bond acceptors (Lipinski definition) is 7. The number of nitrogens with two attached hydrogens (primary N) is 1. The van der Waals surface area contributed by atoms with E-state index >= 15 is 0 Å². The molecule has 0 unspecified atom stereocenters. The maximum Gasteiger partial charge on any atom is 0.341 e. The van der Waals surface area contributed by atoms with Gasteiger partial charge in [-0.15, -0.1) is 0 Å². The highest BCUT2D eigenvalue weighted by molar-refractivity contribution is 7.89. The molecular weight excluding hydrogens is 386 g/mol. The standard InChI is InChI=1S/C18H25N3O6S/c1-13(17(19)22)27-18(23)15-12-14(4-5-16(15)20-6-2-3-7-20)28(24,25)21-8-10-26-11-9-21/h4-5,12-13H,2-3,6-11H2,1H3,(H2,19,22)/t13-/m1/s1. The van der Waals surface area contributed by atoms with Crippen LogP contribution in [0.2, 0.25) is 0 Å². The van der Waals surface area contributed by atoms with Crippen LogP contribution in [0, 0.1) is 0 Å². The summed E-state index contributed by atoms with van der Waals surface area (Å²) in [5.41, 5.74) is 5.89. The molecule has 10 heteroatoms. The number of amides is 1. The van der Waals surface area contributed by atoms with Crippen LogP contribution in [0.4, 0.5) is 5.69 Å². The summed E-state index contributed by atoms with van der Waals surface area (Å²) >= 11 is 0. The second kappa shape index (κ2) is 8.46. The van der Waals surface area contributed by atoms with Crippen molar-refractivity contribution in [2.24, 2.45) is 5.73 Å². The topological polar surface area (TPSA) is 119 Å². The lowest BCUT2D eigenvalue weighted by Crippen LogP contribution is -2.40. The average molecular weight is 411 g/mol. The molecule has 0 radical (unpaired) electrons. The van der Waals surface area contributed by atoms with Gasteiger partial charge in [0.25, 0.3) is 5.91 Å². The summed E-state index contributed by atoms with van der Waals surface area (Å²) in [6.07, 6.45) is 0.860. The van der Waals surface area contributed by atoms with Crippen LogP contribution in [0.5, 0.6) is 0 Å². The van der Waals surface area contributed by atoms with Crippen LogP contribution in [0.3, 0.4) is 0 Å². The molecule has 1 amide bonds. The predicted molar refractivity (Wildman–Crippen MR) is 102 cm³/mol. The second-order valence-corrected chi connectivity index (χ2v) is 8.78. The van der Waals surface area contributed by atoms with Gasteiger partial charge in [-0.3, -0.25) is 4.79 Å². The molecule has 2 aliphatic rings. The number of benzene rings is 1. The Hall–Kier alpha value is -2.17. The van der Waals surface area contributed by atoms with Gasteiger partial charge >= 0.3 is 5.97 Å². The maximum atomic E-state index is 13.0. The smallest absolute Gasteiger partial charge is 0.341 e. The number of anilines is 1. The zero-order chi connectivity index (χ0) is 20.3. The number of rotatable bonds is 6. The van der Waals surface area contributed by atoms with Crippen molar-refractivity contribution in [2.45, 2.75) is 30.8 Å². The molecule has 0 spiro atoms. The van der Waals surface area contributed by atoms with E-state index in [1.807, 2.05) is 4.90 Å². The van der Waals surface area contributed by atoms with Gasteiger partial charge in [0.05, 0.1) is 29.4 Å². The fourth-order valence-corrected chi connectivity index (χ4v) is 4.73. The van der Waals surface area contributed by atoms with E-state index in [2.05, 4.69) is 0 Å². The molecule has 1 aromatic carbocycles. The number of carbonyl (C=O) groups excluding carboxylic acids is 2. The zero-order valence-corrected chi connectivity index (χ0v) is 16.6. The minimum absolute atomic E-state index is 0.0102.